The second-order valence-electron chi connectivity index (χ2n) is 4.85. The number of aromatic amines is 1. The third kappa shape index (κ3) is 1.83. The average molecular weight is 268 g/mol. The first kappa shape index (κ1) is 12.6. The third-order valence-electron chi connectivity index (χ3n) is 3.52. The minimum atomic E-state index is -0.147. The molecule has 5 heteroatoms. The summed E-state index contributed by atoms with van der Waals surface area (Å²) in [4.78, 5) is 15.0. The summed E-state index contributed by atoms with van der Waals surface area (Å²) in [6.45, 7) is 2.29. The van der Waals surface area contributed by atoms with Gasteiger partial charge in [0.2, 0.25) is 0 Å². The SMILES string of the molecule is Cc1[nH]c2ccccc2c1-c1nn(C)c(=O)cc1CN. The molecule has 3 N–H and O–H groups in total. The lowest BCUT2D eigenvalue weighted by molar-refractivity contribution is 0.704. The molecule has 3 rings (SSSR count). The van der Waals surface area contributed by atoms with Gasteiger partial charge in [0.25, 0.3) is 5.56 Å². The van der Waals surface area contributed by atoms with Crippen molar-refractivity contribution in [3.8, 4) is 11.3 Å². The molecule has 3 aromatic rings. The van der Waals surface area contributed by atoms with E-state index >= 15 is 0 Å². The molecule has 0 atom stereocenters. The van der Waals surface area contributed by atoms with E-state index in [1.807, 2.05) is 31.2 Å². The van der Waals surface area contributed by atoms with Gasteiger partial charge in [-0.15, -0.1) is 0 Å². The number of nitrogens with two attached hydrogens (primary N) is 1. The number of rotatable bonds is 2. The molecule has 20 heavy (non-hydrogen) atoms. The Kier molecular flexibility index (Phi) is 2.91. The molecule has 0 amide bonds. The summed E-state index contributed by atoms with van der Waals surface area (Å²) < 4.78 is 1.34. The van der Waals surface area contributed by atoms with E-state index in [0.29, 0.717) is 0 Å². The smallest absolute Gasteiger partial charge is 0.266 e. The number of nitrogens with one attached hydrogen (secondary N) is 1. The number of para-hydroxylation sites is 1. The van der Waals surface area contributed by atoms with Gasteiger partial charge in [-0.3, -0.25) is 4.79 Å². The predicted octanol–water partition coefficient (Wildman–Crippen LogP) is 1.70. The minimum Gasteiger partial charge on any atom is -0.358 e. The standard InChI is InChI=1S/C15H16N4O/c1-9-14(11-5-3-4-6-12(11)17-9)15-10(8-16)7-13(20)19(2)18-15/h3-7,17H,8,16H2,1-2H3. The van der Waals surface area contributed by atoms with Crippen LogP contribution in [0.2, 0.25) is 0 Å². The van der Waals surface area contributed by atoms with E-state index in [-0.39, 0.29) is 12.1 Å². The number of H-pyrrole nitrogens is 1. The van der Waals surface area contributed by atoms with Crippen LogP contribution in [0.1, 0.15) is 11.3 Å². The molecular formula is C15H16N4O. The van der Waals surface area contributed by atoms with E-state index in [9.17, 15) is 4.79 Å². The number of aromatic nitrogens is 3. The van der Waals surface area contributed by atoms with Crippen molar-refractivity contribution in [2.45, 2.75) is 13.5 Å². The molecule has 0 unspecified atom stereocenters. The Morgan fingerprint density at radius 1 is 1.35 bits per heavy atom. The lowest BCUT2D eigenvalue weighted by Crippen LogP contribution is -2.21. The molecule has 0 radical (unpaired) electrons. The maximum absolute atomic E-state index is 11.7. The van der Waals surface area contributed by atoms with Crippen molar-refractivity contribution in [3.63, 3.8) is 0 Å². The van der Waals surface area contributed by atoms with E-state index in [1.54, 1.807) is 13.1 Å². The van der Waals surface area contributed by atoms with Crippen LogP contribution in [-0.2, 0) is 13.6 Å². The topological polar surface area (TPSA) is 76.7 Å². The number of benzene rings is 1. The second-order valence-corrected chi connectivity index (χ2v) is 4.85. The number of hydrogen-bond donors (Lipinski definition) is 2. The fourth-order valence-corrected chi connectivity index (χ4v) is 2.52. The monoisotopic (exact) mass is 268 g/mol. The van der Waals surface area contributed by atoms with Crippen LogP contribution in [0.5, 0.6) is 0 Å². The largest absolute Gasteiger partial charge is 0.358 e. The highest BCUT2D eigenvalue weighted by Gasteiger charge is 2.16. The Morgan fingerprint density at radius 2 is 2.10 bits per heavy atom. The highest BCUT2D eigenvalue weighted by atomic mass is 16.1. The van der Waals surface area contributed by atoms with Crippen LogP contribution in [0.4, 0.5) is 0 Å². The Labute approximate surface area is 116 Å². The summed E-state index contributed by atoms with van der Waals surface area (Å²) in [6, 6.07) is 9.60. The summed E-state index contributed by atoms with van der Waals surface area (Å²) >= 11 is 0. The summed E-state index contributed by atoms with van der Waals surface area (Å²) in [7, 11) is 1.65. The van der Waals surface area contributed by atoms with E-state index in [0.717, 1.165) is 33.4 Å². The first-order valence-electron chi connectivity index (χ1n) is 6.47. The molecule has 0 aliphatic carbocycles. The van der Waals surface area contributed by atoms with Crippen molar-refractivity contribution in [2.24, 2.45) is 12.8 Å². The van der Waals surface area contributed by atoms with Gasteiger partial charge in [0.15, 0.2) is 0 Å². The van der Waals surface area contributed by atoms with E-state index in [1.165, 1.54) is 4.68 Å². The van der Waals surface area contributed by atoms with Gasteiger partial charge >= 0.3 is 0 Å². The molecule has 5 nitrogen and oxygen atoms in total. The Bertz CT molecular complexity index is 845. The van der Waals surface area contributed by atoms with Crippen molar-refractivity contribution in [1.29, 1.82) is 0 Å². The summed E-state index contributed by atoms with van der Waals surface area (Å²) in [5.41, 5.74) is 10.2. The van der Waals surface area contributed by atoms with E-state index in [2.05, 4.69) is 10.1 Å². The summed E-state index contributed by atoms with van der Waals surface area (Å²) in [5.74, 6) is 0. The number of nitrogens with zero attached hydrogens (tertiary/aromatic N) is 2. The van der Waals surface area contributed by atoms with Gasteiger partial charge in [-0.2, -0.15) is 5.10 Å². The zero-order valence-electron chi connectivity index (χ0n) is 11.5. The van der Waals surface area contributed by atoms with Gasteiger partial charge in [0, 0.05) is 41.8 Å². The third-order valence-corrected chi connectivity index (χ3v) is 3.52. The summed E-state index contributed by atoms with van der Waals surface area (Å²) in [6.07, 6.45) is 0. The van der Waals surface area contributed by atoms with Crippen LogP contribution < -0.4 is 11.3 Å². The second kappa shape index (κ2) is 4.61. The normalized spacial score (nSPS) is 11.2. The van der Waals surface area contributed by atoms with Crippen LogP contribution in [0.15, 0.2) is 35.1 Å². The van der Waals surface area contributed by atoms with Gasteiger partial charge in [-0.1, -0.05) is 18.2 Å². The Morgan fingerprint density at radius 3 is 2.85 bits per heavy atom. The predicted molar refractivity (Wildman–Crippen MR) is 79.4 cm³/mol. The van der Waals surface area contributed by atoms with Crippen molar-refractivity contribution >= 4 is 10.9 Å². The molecule has 0 bridgehead atoms. The van der Waals surface area contributed by atoms with Gasteiger partial charge in [0.05, 0.1) is 5.69 Å². The van der Waals surface area contributed by atoms with Gasteiger partial charge < -0.3 is 10.7 Å². The van der Waals surface area contributed by atoms with Crippen LogP contribution in [0, 0.1) is 6.92 Å². The minimum absolute atomic E-state index is 0.147. The molecule has 0 spiro atoms. The quantitative estimate of drug-likeness (QED) is 0.742. The molecule has 2 heterocycles. The van der Waals surface area contributed by atoms with Crippen molar-refractivity contribution in [1.82, 2.24) is 14.8 Å². The molecule has 2 aromatic heterocycles. The molecule has 102 valence electrons. The van der Waals surface area contributed by atoms with E-state index < -0.39 is 0 Å². The van der Waals surface area contributed by atoms with Crippen LogP contribution in [-0.4, -0.2) is 14.8 Å². The van der Waals surface area contributed by atoms with E-state index in [4.69, 9.17) is 5.73 Å². The highest BCUT2D eigenvalue weighted by Crippen LogP contribution is 2.32. The fraction of sp³-hybridized carbons (Fsp3) is 0.200. The van der Waals surface area contributed by atoms with Crippen molar-refractivity contribution in [3.05, 3.63) is 51.9 Å². The van der Waals surface area contributed by atoms with Crippen LogP contribution in [0.25, 0.3) is 22.2 Å². The van der Waals surface area contributed by atoms with Gasteiger partial charge in [-0.05, 0) is 18.6 Å². The molecule has 0 aliphatic heterocycles. The maximum atomic E-state index is 11.7. The fourth-order valence-electron chi connectivity index (χ4n) is 2.52. The molecule has 0 saturated carbocycles. The summed E-state index contributed by atoms with van der Waals surface area (Å²) in [5, 5.41) is 5.49. The number of aryl methyl sites for hydroxylation is 2. The first-order chi connectivity index (χ1) is 9.61. The molecular weight excluding hydrogens is 252 g/mol. The zero-order chi connectivity index (χ0) is 14.3. The maximum Gasteiger partial charge on any atom is 0.266 e. The van der Waals surface area contributed by atoms with Crippen molar-refractivity contribution < 1.29 is 0 Å². The van der Waals surface area contributed by atoms with Crippen LogP contribution in [0.3, 0.4) is 0 Å². The van der Waals surface area contributed by atoms with Crippen LogP contribution >= 0.6 is 0 Å². The Balaban J connectivity index is 2.39. The molecule has 0 aliphatic rings. The zero-order valence-corrected chi connectivity index (χ0v) is 11.5. The lowest BCUT2D eigenvalue weighted by Gasteiger charge is -2.08. The number of hydrogen-bond acceptors (Lipinski definition) is 3. The van der Waals surface area contributed by atoms with Crippen molar-refractivity contribution in [2.75, 3.05) is 0 Å². The first-order valence-corrected chi connectivity index (χ1v) is 6.47. The Hall–Kier alpha value is -2.40. The highest BCUT2D eigenvalue weighted by molar-refractivity contribution is 5.97. The molecule has 1 aromatic carbocycles. The lowest BCUT2D eigenvalue weighted by atomic mass is 10.0. The number of fused-ring (bicyclic) bond motifs is 1. The molecule has 0 fully saturated rings. The molecule has 0 saturated heterocycles. The van der Waals surface area contributed by atoms with Gasteiger partial charge in [-0.25, -0.2) is 4.68 Å². The average Bonchev–Trinajstić information content (AvgIpc) is 2.77. The van der Waals surface area contributed by atoms with Gasteiger partial charge in [0.1, 0.15) is 0 Å².